The lowest BCUT2D eigenvalue weighted by Crippen LogP contribution is -2.03. The lowest BCUT2D eigenvalue weighted by atomic mass is 10.1. The van der Waals surface area contributed by atoms with Crippen LogP contribution in [0.4, 0.5) is 0 Å². The lowest BCUT2D eigenvalue weighted by molar-refractivity contribution is 0.0600. The average Bonchev–Trinajstić information content (AvgIpc) is 2.28. The second-order valence-electron chi connectivity index (χ2n) is 2.60. The Labute approximate surface area is 100 Å². The van der Waals surface area contributed by atoms with E-state index in [2.05, 4.69) is 4.74 Å². The van der Waals surface area contributed by atoms with Crippen molar-refractivity contribution in [3.8, 4) is 12.1 Å². The summed E-state index contributed by atoms with van der Waals surface area (Å²) in [6, 6.07) is 6.67. The van der Waals surface area contributed by atoms with Crippen LogP contribution in [0.15, 0.2) is 12.1 Å². The van der Waals surface area contributed by atoms with Gasteiger partial charge in [0.1, 0.15) is 12.1 Å². The first-order chi connectivity index (χ1) is 7.13. The van der Waals surface area contributed by atoms with Crippen molar-refractivity contribution < 1.29 is 9.53 Å². The van der Waals surface area contributed by atoms with Crippen LogP contribution in [-0.2, 0) is 4.74 Å². The number of nitriles is 2. The van der Waals surface area contributed by atoms with E-state index in [0.29, 0.717) is 14.7 Å². The number of ether oxygens (including phenoxy) is 1. The van der Waals surface area contributed by atoms with Gasteiger partial charge < -0.3 is 4.74 Å². The third kappa shape index (κ3) is 2.25. The highest BCUT2D eigenvalue weighted by Gasteiger charge is 2.13. The number of nitrogens with zero attached hydrogens (tertiary/aromatic N) is 2. The van der Waals surface area contributed by atoms with E-state index < -0.39 is 5.97 Å². The maximum Gasteiger partial charge on any atom is 0.337 e. The molecule has 74 valence electrons. The van der Waals surface area contributed by atoms with Crippen LogP contribution in [0.25, 0.3) is 0 Å². The minimum absolute atomic E-state index is 0.214. The van der Waals surface area contributed by atoms with Crippen molar-refractivity contribution in [1.82, 2.24) is 0 Å². The number of rotatable bonds is 1. The van der Waals surface area contributed by atoms with E-state index in [1.54, 1.807) is 0 Å². The first kappa shape index (κ1) is 11.5. The quantitative estimate of drug-likeness (QED) is 0.585. The van der Waals surface area contributed by atoms with Gasteiger partial charge in [0.15, 0.2) is 0 Å². The van der Waals surface area contributed by atoms with E-state index in [0.717, 1.165) is 0 Å². The summed E-state index contributed by atoms with van der Waals surface area (Å²) >= 11 is 1.90. The Bertz CT molecular complexity index is 462. The first-order valence-corrected chi connectivity index (χ1v) is 4.94. The number of hydrogen-bond acceptors (Lipinski definition) is 4. The molecule has 0 amide bonds. The molecule has 0 aromatic heterocycles. The van der Waals surface area contributed by atoms with Crippen molar-refractivity contribution in [2.45, 2.75) is 0 Å². The van der Waals surface area contributed by atoms with E-state index in [4.69, 9.17) is 10.5 Å². The van der Waals surface area contributed by atoms with Crippen molar-refractivity contribution in [3.63, 3.8) is 0 Å². The molecule has 0 aliphatic heterocycles. The fraction of sp³-hybridized carbons (Fsp3) is 0.100. The number of benzene rings is 1. The van der Waals surface area contributed by atoms with Crippen LogP contribution in [-0.4, -0.2) is 13.1 Å². The number of esters is 1. The number of methoxy groups -OCH3 is 1. The van der Waals surface area contributed by atoms with Gasteiger partial charge >= 0.3 is 5.97 Å². The Balaban J connectivity index is 3.43. The molecule has 0 atom stereocenters. The maximum atomic E-state index is 11.2. The zero-order chi connectivity index (χ0) is 11.4. The molecule has 4 nitrogen and oxygen atoms in total. The molecule has 0 heterocycles. The molecule has 0 aliphatic carbocycles. The van der Waals surface area contributed by atoms with Crippen molar-refractivity contribution in [3.05, 3.63) is 32.4 Å². The van der Waals surface area contributed by atoms with Gasteiger partial charge in [-0.3, -0.25) is 0 Å². The Kier molecular flexibility index (Phi) is 3.64. The molecule has 1 rings (SSSR count). The predicted octanol–water partition coefficient (Wildman–Crippen LogP) is 1.82. The van der Waals surface area contributed by atoms with Crippen LogP contribution in [0.2, 0.25) is 0 Å². The predicted molar refractivity (Wildman–Crippen MR) is 59.9 cm³/mol. The zero-order valence-electron chi connectivity index (χ0n) is 7.74. The van der Waals surface area contributed by atoms with E-state index in [9.17, 15) is 4.79 Å². The van der Waals surface area contributed by atoms with E-state index in [-0.39, 0.29) is 5.56 Å². The number of carbonyl (C=O) groups excluding carboxylic acids is 1. The topological polar surface area (TPSA) is 73.9 Å². The van der Waals surface area contributed by atoms with Crippen LogP contribution in [0.5, 0.6) is 0 Å². The molecule has 15 heavy (non-hydrogen) atoms. The molecular weight excluding hydrogens is 307 g/mol. The largest absolute Gasteiger partial charge is 0.465 e. The SMILES string of the molecule is COC(=O)c1cc(C#N)c(I)c(C#N)c1. The second-order valence-corrected chi connectivity index (χ2v) is 3.68. The molecule has 5 heteroatoms. The number of hydrogen-bond donors (Lipinski definition) is 0. The maximum absolute atomic E-state index is 11.2. The van der Waals surface area contributed by atoms with Gasteiger partial charge in [0.25, 0.3) is 0 Å². The van der Waals surface area contributed by atoms with Crippen LogP contribution in [0.1, 0.15) is 21.5 Å². The van der Waals surface area contributed by atoms with Gasteiger partial charge in [-0.2, -0.15) is 10.5 Å². The Morgan fingerprint density at radius 2 is 1.80 bits per heavy atom. The summed E-state index contributed by atoms with van der Waals surface area (Å²) in [6.45, 7) is 0. The minimum Gasteiger partial charge on any atom is -0.465 e. The fourth-order valence-corrected chi connectivity index (χ4v) is 1.58. The summed E-state index contributed by atoms with van der Waals surface area (Å²) in [4.78, 5) is 11.2. The second kappa shape index (κ2) is 4.76. The number of carbonyl (C=O) groups is 1. The van der Waals surface area contributed by atoms with E-state index in [1.165, 1.54) is 19.2 Å². The molecule has 1 aromatic rings. The third-order valence-corrected chi connectivity index (χ3v) is 2.90. The molecular formula is C10H5IN2O2. The van der Waals surface area contributed by atoms with Crippen LogP contribution in [0, 0.1) is 26.2 Å². The minimum atomic E-state index is -0.556. The standard InChI is InChI=1S/C10H5IN2O2/c1-15-10(14)6-2-7(4-12)9(11)8(3-6)5-13/h2-3H,1H3. The van der Waals surface area contributed by atoms with Crippen molar-refractivity contribution in [2.24, 2.45) is 0 Å². The van der Waals surface area contributed by atoms with Gasteiger partial charge in [0, 0.05) is 3.57 Å². The van der Waals surface area contributed by atoms with Crippen LogP contribution >= 0.6 is 22.6 Å². The lowest BCUT2D eigenvalue weighted by Gasteiger charge is -2.02. The van der Waals surface area contributed by atoms with Gasteiger partial charge in [-0.15, -0.1) is 0 Å². The molecule has 0 fully saturated rings. The van der Waals surface area contributed by atoms with Crippen LogP contribution in [0.3, 0.4) is 0 Å². The smallest absolute Gasteiger partial charge is 0.337 e. The van der Waals surface area contributed by atoms with E-state index in [1.807, 2.05) is 34.7 Å². The summed E-state index contributed by atoms with van der Waals surface area (Å²) in [5.41, 5.74) is 0.816. The average molecular weight is 312 g/mol. The Morgan fingerprint density at radius 1 is 1.33 bits per heavy atom. The zero-order valence-corrected chi connectivity index (χ0v) is 9.90. The van der Waals surface area contributed by atoms with Gasteiger partial charge in [-0.25, -0.2) is 4.79 Å². The molecule has 1 aromatic carbocycles. The van der Waals surface area contributed by atoms with E-state index >= 15 is 0 Å². The molecule has 0 bridgehead atoms. The number of halogens is 1. The van der Waals surface area contributed by atoms with Gasteiger partial charge in [-0.05, 0) is 34.7 Å². The van der Waals surface area contributed by atoms with Gasteiger partial charge in [0.05, 0.1) is 23.8 Å². The first-order valence-electron chi connectivity index (χ1n) is 3.86. The summed E-state index contributed by atoms with van der Waals surface area (Å²) in [5, 5.41) is 17.6. The van der Waals surface area contributed by atoms with Gasteiger partial charge in [0.2, 0.25) is 0 Å². The Morgan fingerprint density at radius 3 is 2.13 bits per heavy atom. The summed E-state index contributed by atoms with van der Waals surface area (Å²) < 4.78 is 5.06. The monoisotopic (exact) mass is 312 g/mol. The third-order valence-electron chi connectivity index (χ3n) is 1.73. The fourth-order valence-electron chi connectivity index (χ4n) is 1.02. The Hall–Kier alpha value is -1.60. The summed E-state index contributed by atoms with van der Waals surface area (Å²) in [6.07, 6.45) is 0. The molecule has 0 N–H and O–H groups in total. The normalized spacial score (nSPS) is 8.80. The van der Waals surface area contributed by atoms with Crippen molar-refractivity contribution in [1.29, 1.82) is 10.5 Å². The van der Waals surface area contributed by atoms with Crippen molar-refractivity contribution >= 4 is 28.6 Å². The van der Waals surface area contributed by atoms with Crippen LogP contribution < -0.4 is 0 Å². The molecule has 0 aliphatic rings. The molecule has 0 spiro atoms. The van der Waals surface area contributed by atoms with Crippen molar-refractivity contribution in [2.75, 3.05) is 7.11 Å². The molecule has 0 saturated carbocycles. The molecule has 0 radical (unpaired) electrons. The molecule has 0 saturated heterocycles. The highest BCUT2D eigenvalue weighted by atomic mass is 127. The molecule has 0 unspecified atom stereocenters. The summed E-state index contributed by atoms with van der Waals surface area (Å²) in [7, 11) is 1.25. The summed E-state index contributed by atoms with van der Waals surface area (Å²) in [5.74, 6) is -0.556. The highest BCUT2D eigenvalue weighted by molar-refractivity contribution is 14.1. The highest BCUT2D eigenvalue weighted by Crippen LogP contribution is 2.19. The van der Waals surface area contributed by atoms with Gasteiger partial charge in [-0.1, -0.05) is 0 Å².